The number of nitriles is 1. The number of oxime groups is 1. The molecule has 0 aliphatic carbocycles. The molecule has 3 rings (SSSR count). The van der Waals surface area contributed by atoms with Crippen LogP contribution in [0.3, 0.4) is 0 Å². The normalized spacial score (nSPS) is 11.7. The smallest absolute Gasteiger partial charge is 0.181 e. The lowest BCUT2D eigenvalue weighted by Crippen LogP contribution is -2.13. The molecule has 0 saturated carbocycles. The Balaban J connectivity index is 1.51. The first-order chi connectivity index (χ1) is 17.1. The third kappa shape index (κ3) is 7.90. The van der Waals surface area contributed by atoms with Gasteiger partial charge < -0.3 is 19.0 Å². The fraction of sp³-hybridized carbons (Fsp3) is 0.250. The summed E-state index contributed by atoms with van der Waals surface area (Å²) in [4.78, 5) is 4.95. The second-order valence-corrected chi connectivity index (χ2v) is 7.62. The Morgan fingerprint density at radius 2 is 1.60 bits per heavy atom. The zero-order chi connectivity index (χ0) is 24.9. The highest BCUT2D eigenvalue weighted by Crippen LogP contribution is 2.23. The van der Waals surface area contributed by atoms with Gasteiger partial charge in [-0.15, -0.1) is 0 Å². The van der Waals surface area contributed by atoms with Crippen molar-refractivity contribution in [2.75, 3.05) is 20.3 Å². The van der Waals surface area contributed by atoms with Crippen LogP contribution in [0.1, 0.15) is 36.0 Å². The van der Waals surface area contributed by atoms with Gasteiger partial charge in [0.15, 0.2) is 5.90 Å². The van der Waals surface area contributed by atoms with Gasteiger partial charge in [-0.1, -0.05) is 59.8 Å². The van der Waals surface area contributed by atoms with Crippen LogP contribution >= 0.6 is 0 Å². The minimum atomic E-state index is -0.424. The average Bonchev–Trinajstić information content (AvgIpc) is 2.90. The van der Waals surface area contributed by atoms with Crippen LogP contribution in [0.5, 0.6) is 11.5 Å². The number of hydrogen-bond donors (Lipinski definition) is 1. The molecule has 0 fully saturated rings. The second-order valence-electron chi connectivity index (χ2n) is 7.62. The van der Waals surface area contributed by atoms with Crippen LogP contribution in [0.25, 0.3) is 0 Å². The highest BCUT2D eigenvalue weighted by Gasteiger charge is 2.14. The summed E-state index contributed by atoms with van der Waals surface area (Å²) in [6.07, 6.45) is 0.253. The SMILES string of the molecule is CCOC(=N)CC(C#N)c1ccc(OCc2ccc(OCC(=NOC)c3ccccc3)cc2)cc1. The number of benzene rings is 3. The molecule has 1 N–H and O–H groups in total. The molecule has 3 aromatic carbocycles. The van der Waals surface area contributed by atoms with E-state index in [9.17, 15) is 5.26 Å². The van der Waals surface area contributed by atoms with Gasteiger partial charge in [0.25, 0.3) is 0 Å². The van der Waals surface area contributed by atoms with E-state index in [2.05, 4.69) is 11.2 Å². The van der Waals surface area contributed by atoms with Crippen LogP contribution in [-0.4, -0.2) is 31.9 Å². The van der Waals surface area contributed by atoms with Crippen LogP contribution in [-0.2, 0) is 16.2 Å². The first kappa shape index (κ1) is 25.3. The molecule has 0 radical (unpaired) electrons. The summed E-state index contributed by atoms with van der Waals surface area (Å²) in [6, 6.07) is 27.0. The molecule has 180 valence electrons. The molecular weight excluding hydrogens is 442 g/mol. The molecule has 0 heterocycles. The minimum absolute atomic E-state index is 0.120. The van der Waals surface area contributed by atoms with Crippen molar-refractivity contribution in [1.29, 1.82) is 10.7 Å². The third-order valence-electron chi connectivity index (χ3n) is 5.16. The predicted octanol–water partition coefficient (Wildman–Crippen LogP) is 5.71. The molecule has 7 heteroatoms. The van der Waals surface area contributed by atoms with Crippen molar-refractivity contribution in [2.45, 2.75) is 25.9 Å². The summed E-state index contributed by atoms with van der Waals surface area (Å²) < 4.78 is 16.9. The average molecular weight is 472 g/mol. The second kappa shape index (κ2) is 13.4. The van der Waals surface area contributed by atoms with Gasteiger partial charge in [0.2, 0.25) is 0 Å². The van der Waals surface area contributed by atoms with Gasteiger partial charge in [0, 0.05) is 12.0 Å². The van der Waals surface area contributed by atoms with E-state index in [-0.39, 0.29) is 18.9 Å². The molecule has 3 aromatic rings. The summed E-state index contributed by atoms with van der Waals surface area (Å²) in [7, 11) is 1.52. The van der Waals surface area contributed by atoms with Crippen LogP contribution in [0, 0.1) is 16.7 Å². The largest absolute Gasteiger partial charge is 0.489 e. The predicted molar refractivity (Wildman–Crippen MR) is 135 cm³/mol. The molecule has 7 nitrogen and oxygen atoms in total. The number of nitrogens with zero attached hydrogens (tertiary/aromatic N) is 2. The van der Waals surface area contributed by atoms with Gasteiger partial charge in [-0.2, -0.15) is 5.26 Å². The molecule has 0 amide bonds. The first-order valence-corrected chi connectivity index (χ1v) is 11.3. The summed E-state index contributed by atoms with van der Waals surface area (Å²) in [5.74, 6) is 1.12. The molecular formula is C28H29N3O4. The Kier molecular flexibility index (Phi) is 9.70. The lowest BCUT2D eigenvalue weighted by atomic mass is 9.97. The molecule has 0 aliphatic rings. The van der Waals surface area contributed by atoms with E-state index < -0.39 is 5.92 Å². The molecule has 0 bridgehead atoms. The van der Waals surface area contributed by atoms with Crippen LogP contribution in [0.4, 0.5) is 0 Å². The number of rotatable bonds is 12. The van der Waals surface area contributed by atoms with E-state index >= 15 is 0 Å². The van der Waals surface area contributed by atoms with E-state index in [4.69, 9.17) is 24.5 Å². The maximum atomic E-state index is 9.44. The summed E-state index contributed by atoms with van der Waals surface area (Å²) >= 11 is 0. The Labute approximate surface area is 206 Å². The topological polar surface area (TPSA) is 96.9 Å². The molecule has 1 atom stereocenters. The fourth-order valence-electron chi connectivity index (χ4n) is 3.36. The highest BCUT2D eigenvalue weighted by molar-refractivity contribution is 6.01. The molecule has 0 saturated heterocycles. The van der Waals surface area contributed by atoms with Crippen molar-refractivity contribution >= 4 is 11.6 Å². The monoisotopic (exact) mass is 471 g/mol. The van der Waals surface area contributed by atoms with Gasteiger partial charge in [-0.3, -0.25) is 5.41 Å². The van der Waals surface area contributed by atoms with Gasteiger partial charge in [-0.25, -0.2) is 0 Å². The van der Waals surface area contributed by atoms with Gasteiger partial charge >= 0.3 is 0 Å². The van der Waals surface area contributed by atoms with Crippen LogP contribution in [0.2, 0.25) is 0 Å². The lowest BCUT2D eigenvalue weighted by Gasteiger charge is -2.12. The summed E-state index contributed by atoms with van der Waals surface area (Å²) in [5, 5.41) is 21.3. The summed E-state index contributed by atoms with van der Waals surface area (Å²) in [5.41, 5.74) is 3.48. The Morgan fingerprint density at radius 1 is 0.943 bits per heavy atom. The van der Waals surface area contributed by atoms with Crippen LogP contribution in [0.15, 0.2) is 84.0 Å². The maximum Gasteiger partial charge on any atom is 0.181 e. The molecule has 1 unspecified atom stereocenters. The standard InChI is InChI=1S/C28H29N3O4/c1-3-33-28(30)17-24(18-29)22-11-15-26(16-12-22)34-19-21-9-13-25(14-10-21)35-20-27(31-32-2)23-7-5-4-6-8-23/h4-16,24,30H,3,17,19-20H2,1-2H3. The van der Waals surface area contributed by atoms with Crippen molar-refractivity contribution in [3.63, 3.8) is 0 Å². The quantitative estimate of drug-likeness (QED) is 0.207. The third-order valence-corrected chi connectivity index (χ3v) is 5.16. The Hall–Kier alpha value is -4.31. The molecule has 0 spiro atoms. The number of ether oxygens (including phenoxy) is 3. The van der Waals surface area contributed by atoms with E-state index in [1.807, 2.05) is 85.8 Å². The van der Waals surface area contributed by atoms with Crippen molar-refractivity contribution in [2.24, 2.45) is 5.16 Å². The van der Waals surface area contributed by atoms with Crippen LogP contribution < -0.4 is 9.47 Å². The van der Waals surface area contributed by atoms with Crippen molar-refractivity contribution in [3.05, 3.63) is 95.6 Å². The van der Waals surface area contributed by atoms with Crippen molar-refractivity contribution < 1.29 is 19.0 Å². The van der Waals surface area contributed by atoms with Crippen molar-refractivity contribution in [1.82, 2.24) is 0 Å². The number of nitrogens with one attached hydrogen (secondary N) is 1. The number of hydrogen-bond acceptors (Lipinski definition) is 7. The molecule has 35 heavy (non-hydrogen) atoms. The van der Waals surface area contributed by atoms with E-state index in [1.165, 1.54) is 7.11 Å². The Bertz CT molecular complexity index is 1140. The van der Waals surface area contributed by atoms with Gasteiger partial charge in [0.1, 0.15) is 37.5 Å². The molecule has 0 aliphatic heterocycles. The van der Waals surface area contributed by atoms with Crippen molar-refractivity contribution in [3.8, 4) is 17.6 Å². The lowest BCUT2D eigenvalue weighted by molar-refractivity contribution is 0.210. The van der Waals surface area contributed by atoms with E-state index in [0.29, 0.717) is 24.7 Å². The zero-order valence-electron chi connectivity index (χ0n) is 19.9. The maximum absolute atomic E-state index is 9.44. The van der Waals surface area contributed by atoms with E-state index in [0.717, 1.165) is 22.4 Å². The van der Waals surface area contributed by atoms with E-state index in [1.54, 1.807) is 0 Å². The Morgan fingerprint density at radius 3 is 2.23 bits per heavy atom. The molecule has 0 aromatic heterocycles. The van der Waals surface area contributed by atoms with Gasteiger partial charge in [-0.05, 0) is 42.3 Å². The first-order valence-electron chi connectivity index (χ1n) is 11.3. The van der Waals surface area contributed by atoms with Gasteiger partial charge in [0.05, 0.1) is 18.6 Å². The summed E-state index contributed by atoms with van der Waals surface area (Å²) in [6.45, 7) is 2.93. The highest BCUT2D eigenvalue weighted by atomic mass is 16.6. The zero-order valence-corrected chi connectivity index (χ0v) is 19.9. The minimum Gasteiger partial charge on any atom is -0.489 e. The fourth-order valence-corrected chi connectivity index (χ4v) is 3.36.